The second-order valence-electron chi connectivity index (χ2n) is 12.7. The molecule has 1 rings (SSSR count). The van der Waals surface area contributed by atoms with E-state index in [9.17, 15) is 9.59 Å². The third-order valence-corrected chi connectivity index (χ3v) is 7.86. The van der Waals surface area contributed by atoms with Crippen molar-refractivity contribution >= 4 is 11.9 Å². The zero-order valence-corrected chi connectivity index (χ0v) is 34.6. The quantitative estimate of drug-likeness (QED) is 0.0910. The predicted molar refractivity (Wildman–Crippen MR) is 213 cm³/mol. The van der Waals surface area contributed by atoms with Gasteiger partial charge in [-0.3, -0.25) is 4.79 Å². The molecule has 0 aliphatic carbocycles. The molecular weight excluding hydrogens is 746 g/mol. The average Bonchev–Trinajstić information content (AvgIpc) is 3.21. The Labute approximate surface area is 340 Å². The SMILES string of the molecule is CCCCCCCCCc1ccc(OCCOCCOCCOCCOCCOCCOCCOCCOCCOCCOCCNC(=O)COCC(=O)O)cc1. The summed E-state index contributed by atoms with van der Waals surface area (Å²) in [4.78, 5) is 21.7. The number of carboxylic acid groups (broad SMARTS) is 1. The summed E-state index contributed by atoms with van der Waals surface area (Å²) in [6.45, 7) is 11.6. The van der Waals surface area contributed by atoms with Crippen LogP contribution < -0.4 is 10.1 Å². The van der Waals surface area contributed by atoms with Gasteiger partial charge in [0.1, 0.15) is 25.6 Å². The molecule has 57 heavy (non-hydrogen) atoms. The van der Waals surface area contributed by atoms with Crippen molar-refractivity contribution < 1.29 is 71.5 Å². The van der Waals surface area contributed by atoms with Crippen molar-refractivity contribution in [1.29, 1.82) is 0 Å². The lowest BCUT2D eigenvalue weighted by atomic mass is 10.0. The highest BCUT2D eigenvalue weighted by Gasteiger charge is 2.03. The first kappa shape index (κ1) is 52.5. The molecule has 332 valence electrons. The van der Waals surface area contributed by atoms with Gasteiger partial charge in [-0.15, -0.1) is 0 Å². The molecule has 0 aliphatic heterocycles. The van der Waals surface area contributed by atoms with E-state index in [1.807, 2.05) is 12.1 Å². The zero-order valence-electron chi connectivity index (χ0n) is 34.6. The molecule has 0 fully saturated rings. The summed E-state index contributed by atoms with van der Waals surface area (Å²) in [5.41, 5.74) is 1.37. The van der Waals surface area contributed by atoms with E-state index in [1.165, 1.54) is 50.5 Å². The number of carboxylic acids is 1. The molecule has 0 spiro atoms. The Balaban J connectivity index is 1.68. The van der Waals surface area contributed by atoms with Gasteiger partial charge in [-0.05, 0) is 30.5 Å². The van der Waals surface area contributed by atoms with E-state index in [1.54, 1.807) is 0 Å². The molecule has 0 bridgehead atoms. The maximum absolute atomic E-state index is 11.4. The Morgan fingerprint density at radius 2 is 0.825 bits per heavy atom. The third kappa shape index (κ3) is 40.1. The fraction of sp³-hybridized carbons (Fsp3) is 0.805. The summed E-state index contributed by atoms with van der Waals surface area (Å²) in [6, 6.07) is 8.43. The maximum Gasteiger partial charge on any atom is 0.329 e. The molecule has 1 amide bonds. The fourth-order valence-corrected chi connectivity index (χ4v) is 4.88. The number of carbonyl (C=O) groups excluding carboxylic acids is 1. The number of benzene rings is 1. The topological polar surface area (TPSA) is 177 Å². The molecule has 1 aromatic carbocycles. The Hall–Kier alpha value is -2.48. The number of carbonyl (C=O) groups is 2. The van der Waals surface area contributed by atoms with Crippen LogP contribution in [0, 0.1) is 0 Å². The van der Waals surface area contributed by atoms with E-state index < -0.39 is 18.5 Å². The van der Waals surface area contributed by atoms with Crippen LogP contribution in [0.4, 0.5) is 0 Å². The normalized spacial score (nSPS) is 11.3. The molecule has 2 N–H and O–H groups in total. The fourth-order valence-electron chi connectivity index (χ4n) is 4.88. The van der Waals surface area contributed by atoms with Crippen LogP contribution in [-0.4, -0.2) is 175 Å². The van der Waals surface area contributed by atoms with Crippen LogP contribution in [0.25, 0.3) is 0 Å². The first-order chi connectivity index (χ1) is 28.1. The van der Waals surface area contributed by atoms with Crippen LogP contribution in [0.15, 0.2) is 24.3 Å². The molecule has 0 atom stereocenters. The molecule has 0 aromatic heterocycles. The van der Waals surface area contributed by atoms with Crippen molar-refractivity contribution in [3.05, 3.63) is 29.8 Å². The van der Waals surface area contributed by atoms with Gasteiger partial charge < -0.3 is 67.3 Å². The van der Waals surface area contributed by atoms with Crippen molar-refractivity contribution in [2.24, 2.45) is 0 Å². The van der Waals surface area contributed by atoms with Gasteiger partial charge in [-0.2, -0.15) is 0 Å². The number of ether oxygens (including phenoxy) is 12. The van der Waals surface area contributed by atoms with Gasteiger partial charge in [0.2, 0.25) is 5.91 Å². The number of hydrogen-bond donors (Lipinski definition) is 2. The number of rotatable bonds is 46. The molecule has 0 heterocycles. The Morgan fingerprint density at radius 3 is 1.23 bits per heavy atom. The molecule has 0 saturated heterocycles. The van der Waals surface area contributed by atoms with E-state index in [-0.39, 0.29) is 6.61 Å². The molecular formula is C41H73NO15. The summed E-state index contributed by atoms with van der Waals surface area (Å²) in [7, 11) is 0. The highest BCUT2D eigenvalue weighted by Crippen LogP contribution is 2.15. The second-order valence-corrected chi connectivity index (χ2v) is 12.7. The zero-order chi connectivity index (χ0) is 41.0. The van der Waals surface area contributed by atoms with Crippen LogP contribution in [0.5, 0.6) is 5.75 Å². The lowest BCUT2D eigenvalue weighted by Crippen LogP contribution is -2.31. The number of aryl methyl sites for hydroxylation is 1. The van der Waals surface area contributed by atoms with Crippen LogP contribution >= 0.6 is 0 Å². The van der Waals surface area contributed by atoms with Crippen molar-refractivity contribution in [1.82, 2.24) is 5.32 Å². The van der Waals surface area contributed by atoms with Gasteiger partial charge >= 0.3 is 5.97 Å². The van der Waals surface area contributed by atoms with Gasteiger partial charge in [0, 0.05) is 6.54 Å². The number of aliphatic carboxylic acids is 1. The highest BCUT2D eigenvalue weighted by molar-refractivity contribution is 5.77. The molecule has 1 aromatic rings. The summed E-state index contributed by atoms with van der Waals surface area (Å²) in [5, 5.41) is 11.0. The van der Waals surface area contributed by atoms with Gasteiger partial charge in [-0.1, -0.05) is 57.6 Å². The summed E-state index contributed by atoms with van der Waals surface area (Å²) in [5.74, 6) is -0.642. The summed E-state index contributed by atoms with van der Waals surface area (Å²) >= 11 is 0. The number of amides is 1. The smallest absolute Gasteiger partial charge is 0.329 e. The third-order valence-electron chi connectivity index (χ3n) is 7.86. The van der Waals surface area contributed by atoms with Crippen LogP contribution in [0.3, 0.4) is 0 Å². The largest absolute Gasteiger partial charge is 0.491 e. The van der Waals surface area contributed by atoms with Gasteiger partial charge in [0.05, 0.1) is 132 Å². The molecule has 0 saturated carbocycles. The predicted octanol–water partition coefficient (Wildman–Crippen LogP) is 3.74. The average molecular weight is 820 g/mol. The molecule has 16 nitrogen and oxygen atoms in total. The molecule has 0 aliphatic rings. The lowest BCUT2D eigenvalue weighted by Gasteiger charge is -2.09. The van der Waals surface area contributed by atoms with E-state index in [0.29, 0.717) is 145 Å². The molecule has 0 radical (unpaired) electrons. The first-order valence-electron chi connectivity index (χ1n) is 20.7. The van der Waals surface area contributed by atoms with E-state index in [4.69, 9.17) is 57.2 Å². The van der Waals surface area contributed by atoms with Crippen molar-refractivity contribution in [2.45, 2.75) is 58.3 Å². The Kier molecular flexibility index (Phi) is 39.7. The molecule has 0 unspecified atom stereocenters. The standard InChI is InChI=1S/C41H73NO15/c1-2-3-4-5-6-7-8-9-38-10-12-39(13-11-38)57-35-34-55-33-32-54-31-30-53-29-28-52-27-26-51-25-24-50-23-22-49-21-20-48-19-18-47-17-16-46-15-14-42-40(43)36-56-37-41(44)45/h10-13H,2-9,14-37H2,1H3,(H,42,43)(H,44,45). The van der Waals surface area contributed by atoms with Crippen molar-refractivity contribution in [3.63, 3.8) is 0 Å². The maximum atomic E-state index is 11.4. The Morgan fingerprint density at radius 1 is 0.456 bits per heavy atom. The number of unbranched alkanes of at least 4 members (excludes halogenated alkanes) is 6. The monoisotopic (exact) mass is 819 g/mol. The van der Waals surface area contributed by atoms with Crippen LogP contribution in [-0.2, 0) is 68.1 Å². The summed E-state index contributed by atoms with van der Waals surface area (Å²) in [6.07, 6.45) is 10.5. The van der Waals surface area contributed by atoms with E-state index in [0.717, 1.165) is 12.2 Å². The highest BCUT2D eigenvalue weighted by atomic mass is 16.6. The molecule has 16 heteroatoms. The second kappa shape index (κ2) is 43.1. The summed E-state index contributed by atoms with van der Waals surface area (Å²) < 4.78 is 65.3. The minimum Gasteiger partial charge on any atom is -0.491 e. The minimum atomic E-state index is -1.12. The van der Waals surface area contributed by atoms with Crippen molar-refractivity contribution in [2.75, 3.05) is 159 Å². The number of hydrogen-bond acceptors (Lipinski definition) is 14. The van der Waals surface area contributed by atoms with Gasteiger partial charge in [0.15, 0.2) is 0 Å². The van der Waals surface area contributed by atoms with Crippen LogP contribution in [0.2, 0.25) is 0 Å². The van der Waals surface area contributed by atoms with Crippen molar-refractivity contribution in [3.8, 4) is 5.75 Å². The number of nitrogens with one attached hydrogen (secondary N) is 1. The van der Waals surface area contributed by atoms with Crippen LogP contribution in [0.1, 0.15) is 57.4 Å². The Bertz CT molecular complexity index is 1000. The lowest BCUT2D eigenvalue weighted by molar-refractivity contribution is -0.143. The minimum absolute atomic E-state index is 0.300. The van der Waals surface area contributed by atoms with Gasteiger partial charge in [-0.25, -0.2) is 4.79 Å². The van der Waals surface area contributed by atoms with E-state index in [2.05, 4.69) is 29.1 Å². The van der Waals surface area contributed by atoms with E-state index >= 15 is 0 Å². The van der Waals surface area contributed by atoms with Gasteiger partial charge in [0.25, 0.3) is 0 Å². The first-order valence-corrected chi connectivity index (χ1v) is 20.7.